The van der Waals surface area contributed by atoms with Crippen LogP contribution in [0.5, 0.6) is 0 Å². The molecule has 5 nitrogen and oxygen atoms in total. The number of carbonyl (C=O) groups is 2. The number of piperidine rings is 1. The molecule has 2 amide bonds. The number of rotatable bonds is 2. The van der Waals surface area contributed by atoms with Gasteiger partial charge in [0, 0.05) is 6.04 Å². The lowest BCUT2D eigenvalue weighted by Gasteiger charge is -2.37. The van der Waals surface area contributed by atoms with E-state index in [0.717, 1.165) is 5.56 Å². The van der Waals surface area contributed by atoms with Gasteiger partial charge in [0.2, 0.25) is 5.91 Å². The smallest absolute Gasteiger partial charge is 0.417 e. The highest BCUT2D eigenvalue weighted by molar-refractivity contribution is 5.93. The number of likely N-dealkylation sites (tertiary alicyclic amines) is 1. The molecule has 1 saturated heterocycles. The van der Waals surface area contributed by atoms with E-state index in [2.05, 4.69) is 0 Å². The highest BCUT2D eigenvalue weighted by atomic mass is 16.6. The topological polar surface area (TPSA) is 66.8 Å². The van der Waals surface area contributed by atoms with Gasteiger partial charge in [-0.15, -0.1) is 0 Å². The van der Waals surface area contributed by atoms with Crippen LogP contribution in [0.25, 0.3) is 0 Å². The number of imide groups is 1. The zero-order chi connectivity index (χ0) is 16.3. The molecule has 1 aromatic carbocycles. The SMILES string of the molecule is CC(C)(C)OC(=O)N1C(=O)C[C@H](O)C[C@@H]1Cc1ccccc1. The number of aliphatic hydroxyl groups is 1. The van der Waals surface area contributed by atoms with Gasteiger partial charge in [-0.25, -0.2) is 9.69 Å². The second kappa shape index (κ2) is 6.48. The summed E-state index contributed by atoms with van der Waals surface area (Å²) in [4.78, 5) is 25.7. The van der Waals surface area contributed by atoms with Crippen molar-refractivity contribution < 1.29 is 19.4 Å². The first-order valence-electron chi connectivity index (χ1n) is 7.53. The molecule has 0 aliphatic carbocycles. The van der Waals surface area contributed by atoms with Crippen LogP contribution < -0.4 is 0 Å². The Balaban J connectivity index is 2.18. The summed E-state index contributed by atoms with van der Waals surface area (Å²) in [5, 5.41) is 9.86. The van der Waals surface area contributed by atoms with Crippen molar-refractivity contribution in [1.82, 2.24) is 4.90 Å². The summed E-state index contributed by atoms with van der Waals surface area (Å²) in [6, 6.07) is 9.24. The van der Waals surface area contributed by atoms with Gasteiger partial charge in [0.05, 0.1) is 12.5 Å². The van der Waals surface area contributed by atoms with E-state index in [9.17, 15) is 14.7 Å². The van der Waals surface area contributed by atoms with Crippen LogP contribution in [0, 0.1) is 0 Å². The molecule has 1 aromatic rings. The van der Waals surface area contributed by atoms with Crippen LogP contribution in [0.1, 0.15) is 39.2 Å². The molecule has 1 aliphatic rings. The van der Waals surface area contributed by atoms with Crippen molar-refractivity contribution in [3.05, 3.63) is 35.9 Å². The largest absolute Gasteiger partial charge is 0.443 e. The van der Waals surface area contributed by atoms with Crippen LogP contribution in [0.4, 0.5) is 4.79 Å². The molecule has 2 rings (SSSR count). The highest BCUT2D eigenvalue weighted by Crippen LogP contribution is 2.24. The van der Waals surface area contributed by atoms with Gasteiger partial charge < -0.3 is 9.84 Å². The normalized spacial score (nSPS) is 22.5. The zero-order valence-electron chi connectivity index (χ0n) is 13.3. The molecule has 0 bridgehead atoms. The maximum atomic E-state index is 12.3. The molecule has 0 radical (unpaired) electrons. The van der Waals surface area contributed by atoms with Crippen molar-refractivity contribution in [2.45, 2.75) is 57.8 Å². The van der Waals surface area contributed by atoms with E-state index in [1.165, 1.54) is 4.90 Å². The first-order valence-corrected chi connectivity index (χ1v) is 7.53. The molecule has 0 spiro atoms. The molecule has 2 atom stereocenters. The Bertz CT molecular complexity index is 535. The van der Waals surface area contributed by atoms with Gasteiger partial charge in [0.25, 0.3) is 0 Å². The maximum absolute atomic E-state index is 12.3. The molecular formula is C17H23NO4. The van der Waals surface area contributed by atoms with Gasteiger partial charge in [-0.2, -0.15) is 0 Å². The number of hydrogen-bond donors (Lipinski definition) is 1. The molecule has 0 aromatic heterocycles. The molecule has 22 heavy (non-hydrogen) atoms. The van der Waals surface area contributed by atoms with Crippen molar-refractivity contribution in [2.75, 3.05) is 0 Å². The van der Waals surface area contributed by atoms with E-state index in [0.29, 0.717) is 12.8 Å². The molecule has 0 unspecified atom stereocenters. The lowest BCUT2D eigenvalue weighted by Crippen LogP contribution is -2.53. The van der Waals surface area contributed by atoms with Crippen LogP contribution in [0.15, 0.2) is 30.3 Å². The third-order valence-electron chi connectivity index (χ3n) is 3.49. The molecule has 1 heterocycles. The van der Waals surface area contributed by atoms with Crippen molar-refractivity contribution in [2.24, 2.45) is 0 Å². The van der Waals surface area contributed by atoms with E-state index >= 15 is 0 Å². The Morgan fingerprint density at radius 2 is 1.95 bits per heavy atom. The van der Waals surface area contributed by atoms with Gasteiger partial charge in [0.15, 0.2) is 0 Å². The van der Waals surface area contributed by atoms with E-state index in [-0.39, 0.29) is 18.4 Å². The lowest BCUT2D eigenvalue weighted by atomic mass is 9.93. The summed E-state index contributed by atoms with van der Waals surface area (Å²) in [5.74, 6) is -0.381. The fourth-order valence-electron chi connectivity index (χ4n) is 2.63. The third kappa shape index (κ3) is 4.31. The summed E-state index contributed by atoms with van der Waals surface area (Å²) >= 11 is 0. The maximum Gasteiger partial charge on any atom is 0.417 e. The molecule has 5 heteroatoms. The molecular weight excluding hydrogens is 282 g/mol. The third-order valence-corrected chi connectivity index (χ3v) is 3.49. The van der Waals surface area contributed by atoms with Crippen LogP contribution in [-0.2, 0) is 16.0 Å². The number of hydrogen-bond acceptors (Lipinski definition) is 4. The Kier molecular flexibility index (Phi) is 4.86. The number of aliphatic hydroxyl groups excluding tert-OH is 1. The number of benzene rings is 1. The Morgan fingerprint density at radius 1 is 1.32 bits per heavy atom. The second-order valence-corrected chi connectivity index (χ2v) is 6.68. The monoisotopic (exact) mass is 305 g/mol. The van der Waals surface area contributed by atoms with Gasteiger partial charge in [-0.3, -0.25) is 4.79 Å². The van der Waals surface area contributed by atoms with E-state index in [4.69, 9.17) is 4.74 Å². The van der Waals surface area contributed by atoms with Crippen molar-refractivity contribution in [1.29, 1.82) is 0 Å². The molecule has 1 N–H and O–H groups in total. The minimum absolute atomic E-state index is 0.0372. The Morgan fingerprint density at radius 3 is 2.55 bits per heavy atom. The molecule has 0 saturated carbocycles. The van der Waals surface area contributed by atoms with Crippen molar-refractivity contribution in [3.63, 3.8) is 0 Å². The van der Waals surface area contributed by atoms with Crippen molar-refractivity contribution in [3.8, 4) is 0 Å². The van der Waals surface area contributed by atoms with Crippen LogP contribution >= 0.6 is 0 Å². The lowest BCUT2D eigenvalue weighted by molar-refractivity contribution is -0.139. The fourth-order valence-corrected chi connectivity index (χ4v) is 2.63. The number of ether oxygens (including phenoxy) is 1. The van der Waals surface area contributed by atoms with Gasteiger partial charge in [-0.1, -0.05) is 30.3 Å². The van der Waals surface area contributed by atoms with Gasteiger partial charge in [0.1, 0.15) is 5.60 Å². The average Bonchev–Trinajstić information content (AvgIpc) is 2.36. The molecule has 1 fully saturated rings. The van der Waals surface area contributed by atoms with E-state index < -0.39 is 17.8 Å². The first kappa shape index (κ1) is 16.5. The van der Waals surface area contributed by atoms with E-state index in [1.807, 2.05) is 30.3 Å². The van der Waals surface area contributed by atoms with E-state index in [1.54, 1.807) is 20.8 Å². The van der Waals surface area contributed by atoms with Gasteiger partial charge in [-0.05, 0) is 39.2 Å². The van der Waals surface area contributed by atoms with Crippen molar-refractivity contribution >= 4 is 12.0 Å². The molecule has 120 valence electrons. The zero-order valence-corrected chi connectivity index (χ0v) is 13.3. The van der Waals surface area contributed by atoms with Crippen LogP contribution in [0.3, 0.4) is 0 Å². The fraction of sp³-hybridized carbons (Fsp3) is 0.529. The Labute approximate surface area is 130 Å². The molecule has 1 aliphatic heterocycles. The summed E-state index contributed by atoms with van der Waals surface area (Å²) in [6.07, 6.45) is -0.488. The Hall–Kier alpha value is -1.88. The minimum Gasteiger partial charge on any atom is -0.443 e. The summed E-state index contributed by atoms with van der Waals surface area (Å²) in [7, 11) is 0. The standard InChI is InChI=1S/C17H23NO4/c1-17(2,3)22-16(21)18-13(10-14(19)11-15(18)20)9-12-7-5-4-6-8-12/h4-8,13-14,19H,9-11H2,1-3H3/t13-,14+/m0/s1. The number of nitrogens with zero attached hydrogens (tertiary/aromatic N) is 1. The highest BCUT2D eigenvalue weighted by Gasteiger charge is 2.39. The summed E-state index contributed by atoms with van der Waals surface area (Å²) < 4.78 is 5.34. The quantitative estimate of drug-likeness (QED) is 0.911. The van der Waals surface area contributed by atoms with Crippen LogP contribution in [0.2, 0.25) is 0 Å². The average molecular weight is 305 g/mol. The second-order valence-electron chi connectivity index (χ2n) is 6.68. The van der Waals surface area contributed by atoms with Crippen LogP contribution in [-0.4, -0.2) is 39.8 Å². The van der Waals surface area contributed by atoms with Gasteiger partial charge >= 0.3 is 6.09 Å². The predicted octanol–water partition coefficient (Wildman–Crippen LogP) is 2.52. The predicted molar refractivity (Wildman–Crippen MR) is 82.3 cm³/mol. The minimum atomic E-state index is -0.708. The number of carbonyl (C=O) groups excluding carboxylic acids is 2. The summed E-state index contributed by atoms with van der Waals surface area (Å²) in [6.45, 7) is 5.29. The summed E-state index contributed by atoms with van der Waals surface area (Å²) in [5.41, 5.74) is 0.355. The number of amides is 2. The first-order chi connectivity index (χ1) is 10.3.